The number of carbonyl (C=O) groups is 1. The van der Waals surface area contributed by atoms with Gasteiger partial charge in [-0.3, -0.25) is 4.79 Å². The van der Waals surface area contributed by atoms with Crippen LogP contribution in [0.2, 0.25) is 0 Å². The van der Waals surface area contributed by atoms with Gasteiger partial charge in [0, 0.05) is 11.3 Å². The number of benzene rings is 2. The Labute approximate surface area is 133 Å². The molecule has 0 aliphatic heterocycles. The third-order valence-corrected chi connectivity index (χ3v) is 3.59. The number of esters is 1. The number of methoxy groups -OCH3 is 1. The molecule has 0 radical (unpaired) electrons. The van der Waals surface area contributed by atoms with Gasteiger partial charge >= 0.3 is 5.97 Å². The molecule has 3 rings (SSSR count). The van der Waals surface area contributed by atoms with E-state index in [0.717, 1.165) is 11.1 Å². The number of hydrogen-bond donors (Lipinski definition) is 1. The van der Waals surface area contributed by atoms with Crippen LogP contribution in [0.15, 0.2) is 71.5 Å². The van der Waals surface area contributed by atoms with Crippen molar-refractivity contribution in [2.75, 3.05) is 7.11 Å². The van der Waals surface area contributed by atoms with Crippen molar-refractivity contribution < 1.29 is 9.53 Å². The van der Waals surface area contributed by atoms with Gasteiger partial charge in [0.25, 0.3) is 5.56 Å². The molecular weight excluding hydrogens is 290 g/mol. The monoisotopic (exact) mass is 305 g/mol. The van der Waals surface area contributed by atoms with Crippen LogP contribution in [0.5, 0.6) is 0 Å². The zero-order valence-corrected chi connectivity index (χ0v) is 12.6. The molecule has 114 valence electrons. The second kappa shape index (κ2) is 6.32. The minimum Gasteiger partial charge on any atom is -0.465 e. The average Bonchev–Trinajstić information content (AvgIpc) is 2.62. The summed E-state index contributed by atoms with van der Waals surface area (Å²) >= 11 is 0. The Hall–Kier alpha value is -3.14. The lowest BCUT2D eigenvalue weighted by atomic mass is 9.98. The second-order valence-electron chi connectivity index (χ2n) is 5.02. The molecule has 1 N–H and O–H groups in total. The summed E-state index contributed by atoms with van der Waals surface area (Å²) in [7, 11) is 1.27. The summed E-state index contributed by atoms with van der Waals surface area (Å²) in [4.78, 5) is 27.2. The fourth-order valence-corrected chi connectivity index (χ4v) is 2.48. The van der Waals surface area contributed by atoms with Crippen LogP contribution in [0, 0.1) is 0 Å². The summed E-state index contributed by atoms with van der Waals surface area (Å²) < 4.78 is 4.77. The molecule has 23 heavy (non-hydrogen) atoms. The summed E-state index contributed by atoms with van der Waals surface area (Å²) in [5.74, 6) is -0.648. The molecular formula is C19H15NO3. The Bertz CT molecular complexity index is 883. The van der Waals surface area contributed by atoms with E-state index in [4.69, 9.17) is 4.74 Å². The smallest absolute Gasteiger partial charge is 0.344 e. The van der Waals surface area contributed by atoms with E-state index in [9.17, 15) is 9.59 Å². The second-order valence-corrected chi connectivity index (χ2v) is 5.02. The van der Waals surface area contributed by atoms with E-state index in [1.54, 1.807) is 6.07 Å². The van der Waals surface area contributed by atoms with Gasteiger partial charge in [0.15, 0.2) is 0 Å². The maximum absolute atomic E-state index is 12.5. The highest BCUT2D eigenvalue weighted by atomic mass is 16.5. The molecule has 0 atom stereocenters. The zero-order valence-electron chi connectivity index (χ0n) is 12.6. The van der Waals surface area contributed by atoms with Crippen molar-refractivity contribution in [2.45, 2.75) is 0 Å². The molecule has 1 heterocycles. The lowest BCUT2D eigenvalue weighted by Gasteiger charge is -2.10. The molecule has 3 aromatic rings. The first kappa shape index (κ1) is 14.8. The molecule has 0 saturated carbocycles. The van der Waals surface area contributed by atoms with Crippen LogP contribution in [0.3, 0.4) is 0 Å². The highest BCUT2D eigenvalue weighted by Crippen LogP contribution is 2.26. The molecule has 0 saturated heterocycles. The van der Waals surface area contributed by atoms with Crippen LogP contribution in [-0.4, -0.2) is 18.1 Å². The third-order valence-electron chi connectivity index (χ3n) is 3.59. The van der Waals surface area contributed by atoms with Crippen LogP contribution >= 0.6 is 0 Å². The maximum atomic E-state index is 12.5. The summed E-state index contributed by atoms with van der Waals surface area (Å²) in [6, 6.07) is 20.6. The van der Waals surface area contributed by atoms with Gasteiger partial charge in [0.2, 0.25) is 0 Å². The number of pyridine rings is 1. The fourth-order valence-electron chi connectivity index (χ4n) is 2.48. The highest BCUT2D eigenvalue weighted by molar-refractivity contribution is 5.97. The lowest BCUT2D eigenvalue weighted by Crippen LogP contribution is -2.21. The molecule has 0 fully saturated rings. The standard InChI is InChI=1S/C19H15NO3/c1-23-19(22)17-15(13-8-4-2-5-9-13)12-16(20-18(17)21)14-10-6-3-7-11-14/h2-12H,1H3,(H,20,21). The minimum atomic E-state index is -0.648. The van der Waals surface area contributed by atoms with Gasteiger partial charge in [-0.15, -0.1) is 0 Å². The number of ether oxygens (including phenoxy) is 1. The number of aromatic nitrogens is 1. The first-order valence-electron chi connectivity index (χ1n) is 7.17. The van der Waals surface area contributed by atoms with E-state index in [2.05, 4.69) is 4.98 Å². The number of H-pyrrole nitrogens is 1. The Morgan fingerprint density at radius 1 is 0.913 bits per heavy atom. The van der Waals surface area contributed by atoms with Crippen LogP contribution < -0.4 is 5.56 Å². The molecule has 0 amide bonds. The van der Waals surface area contributed by atoms with Crippen molar-refractivity contribution in [3.63, 3.8) is 0 Å². The number of rotatable bonds is 3. The summed E-state index contributed by atoms with van der Waals surface area (Å²) in [6.45, 7) is 0. The van der Waals surface area contributed by atoms with Crippen LogP contribution in [0.1, 0.15) is 10.4 Å². The predicted molar refractivity (Wildman–Crippen MR) is 89.3 cm³/mol. The van der Waals surface area contributed by atoms with Crippen LogP contribution in [0.4, 0.5) is 0 Å². The summed E-state index contributed by atoms with van der Waals surface area (Å²) in [6.07, 6.45) is 0. The molecule has 4 heteroatoms. The van der Waals surface area contributed by atoms with Gasteiger partial charge < -0.3 is 9.72 Å². The molecule has 4 nitrogen and oxygen atoms in total. The van der Waals surface area contributed by atoms with E-state index in [1.807, 2.05) is 60.7 Å². The highest BCUT2D eigenvalue weighted by Gasteiger charge is 2.19. The van der Waals surface area contributed by atoms with E-state index < -0.39 is 11.5 Å². The normalized spacial score (nSPS) is 10.3. The van der Waals surface area contributed by atoms with Crippen molar-refractivity contribution in [3.05, 3.63) is 82.6 Å². The van der Waals surface area contributed by atoms with Gasteiger partial charge in [-0.2, -0.15) is 0 Å². The SMILES string of the molecule is COC(=O)c1c(-c2ccccc2)cc(-c2ccccc2)[nH]c1=O. The summed E-state index contributed by atoms with van der Waals surface area (Å²) in [5, 5.41) is 0. The molecule has 0 aliphatic rings. The van der Waals surface area contributed by atoms with E-state index in [1.165, 1.54) is 7.11 Å². The molecule has 0 unspecified atom stereocenters. The van der Waals surface area contributed by atoms with Crippen molar-refractivity contribution in [1.82, 2.24) is 4.98 Å². The van der Waals surface area contributed by atoms with E-state index in [0.29, 0.717) is 11.3 Å². The van der Waals surface area contributed by atoms with Gasteiger partial charge in [-0.05, 0) is 17.2 Å². The Balaban J connectivity index is 2.27. The quantitative estimate of drug-likeness (QED) is 0.753. The number of hydrogen-bond acceptors (Lipinski definition) is 3. The van der Waals surface area contributed by atoms with Gasteiger partial charge in [-0.1, -0.05) is 60.7 Å². The number of nitrogens with one attached hydrogen (secondary N) is 1. The van der Waals surface area contributed by atoms with Crippen molar-refractivity contribution >= 4 is 5.97 Å². The van der Waals surface area contributed by atoms with E-state index in [-0.39, 0.29) is 5.56 Å². The first-order valence-corrected chi connectivity index (χ1v) is 7.17. The average molecular weight is 305 g/mol. The topological polar surface area (TPSA) is 59.2 Å². The molecule has 1 aromatic heterocycles. The molecule has 0 aliphatic carbocycles. The Morgan fingerprint density at radius 3 is 2.04 bits per heavy atom. The van der Waals surface area contributed by atoms with Gasteiger partial charge in [-0.25, -0.2) is 4.79 Å². The molecule has 2 aromatic carbocycles. The maximum Gasteiger partial charge on any atom is 0.344 e. The third kappa shape index (κ3) is 2.92. The number of aromatic amines is 1. The van der Waals surface area contributed by atoms with Crippen LogP contribution in [-0.2, 0) is 4.74 Å². The first-order chi connectivity index (χ1) is 11.2. The lowest BCUT2D eigenvalue weighted by molar-refractivity contribution is 0.0599. The van der Waals surface area contributed by atoms with Crippen LogP contribution in [0.25, 0.3) is 22.4 Å². The van der Waals surface area contributed by atoms with Gasteiger partial charge in [0.05, 0.1) is 7.11 Å². The Morgan fingerprint density at radius 2 is 1.48 bits per heavy atom. The minimum absolute atomic E-state index is 0.0124. The van der Waals surface area contributed by atoms with Crippen molar-refractivity contribution in [3.8, 4) is 22.4 Å². The fraction of sp³-hybridized carbons (Fsp3) is 0.0526. The predicted octanol–water partition coefficient (Wildman–Crippen LogP) is 3.50. The molecule has 0 spiro atoms. The summed E-state index contributed by atoms with van der Waals surface area (Å²) in [5.41, 5.74) is 2.42. The largest absolute Gasteiger partial charge is 0.465 e. The molecule has 0 bridgehead atoms. The van der Waals surface area contributed by atoms with Crippen molar-refractivity contribution in [1.29, 1.82) is 0 Å². The number of carbonyl (C=O) groups excluding carboxylic acids is 1. The van der Waals surface area contributed by atoms with Crippen molar-refractivity contribution in [2.24, 2.45) is 0 Å². The zero-order chi connectivity index (χ0) is 16.2. The van der Waals surface area contributed by atoms with E-state index >= 15 is 0 Å². The van der Waals surface area contributed by atoms with Gasteiger partial charge in [0.1, 0.15) is 5.56 Å². The Kier molecular flexibility index (Phi) is 4.06.